The molecule has 1 aliphatic rings. The number of rotatable bonds is 5. The molecule has 24 heavy (non-hydrogen) atoms. The van der Waals surface area contributed by atoms with Crippen molar-refractivity contribution < 1.29 is 19.6 Å². The molecule has 1 aromatic carbocycles. The van der Waals surface area contributed by atoms with Crippen molar-refractivity contribution in [2.75, 3.05) is 0 Å². The van der Waals surface area contributed by atoms with Gasteiger partial charge in [0.2, 0.25) is 0 Å². The van der Waals surface area contributed by atoms with E-state index in [9.17, 15) is 14.9 Å². The van der Waals surface area contributed by atoms with Crippen LogP contribution in [0.2, 0.25) is 0 Å². The van der Waals surface area contributed by atoms with E-state index in [1.54, 1.807) is 6.07 Å². The summed E-state index contributed by atoms with van der Waals surface area (Å²) < 4.78 is 6.28. The minimum atomic E-state index is -1.04. The highest BCUT2D eigenvalue weighted by Gasteiger charge is 2.37. The first-order valence-corrected chi connectivity index (χ1v) is 8.97. The predicted molar refractivity (Wildman–Crippen MR) is 94.3 cm³/mol. The number of aliphatic hydroxyl groups is 1. The van der Waals surface area contributed by atoms with Gasteiger partial charge < -0.3 is 14.8 Å². The number of ketones is 1. The number of nitrogens with zero attached hydrogens (tertiary/aromatic N) is 2. The van der Waals surface area contributed by atoms with Gasteiger partial charge in [0.1, 0.15) is 22.3 Å². The van der Waals surface area contributed by atoms with Crippen molar-refractivity contribution in [1.82, 2.24) is 10.2 Å². The summed E-state index contributed by atoms with van der Waals surface area (Å²) in [6, 6.07) is 5.40. The molecular weight excluding hydrogens is 347 g/mol. The van der Waals surface area contributed by atoms with Crippen LogP contribution >= 0.6 is 23.1 Å². The van der Waals surface area contributed by atoms with Crippen LogP contribution in [0.1, 0.15) is 23.1 Å². The standard InChI is InChI=1S/C15H15BN2O4S2/c1-8(19)6-13-17-18-15(24-13)23-12-7-10-4-3-5-11(9(2)20)14(10)22-16(12)21/h3-5,12,20-21H,2,6-7H2,1H3/t12-/m0/s1. The molecule has 2 heterocycles. The largest absolute Gasteiger partial charge is 0.537 e. The lowest BCUT2D eigenvalue weighted by Gasteiger charge is -2.27. The Kier molecular flexibility index (Phi) is 4.93. The van der Waals surface area contributed by atoms with Gasteiger partial charge in [-0.15, -0.1) is 10.2 Å². The Bertz CT molecular complexity index is 796. The molecule has 0 bridgehead atoms. The molecule has 0 saturated heterocycles. The number of carbonyl (C=O) groups is 1. The molecule has 1 aliphatic heterocycles. The van der Waals surface area contributed by atoms with Gasteiger partial charge in [-0.1, -0.05) is 41.8 Å². The fraction of sp³-hybridized carbons (Fsp3) is 0.267. The Morgan fingerprint density at radius 1 is 1.54 bits per heavy atom. The van der Waals surface area contributed by atoms with E-state index in [4.69, 9.17) is 4.65 Å². The van der Waals surface area contributed by atoms with Crippen molar-refractivity contribution in [2.24, 2.45) is 0 Å². The van der Waals surface area contributed by atoms with E-state index in [1.807, 2.05) is 12.1 Å². The van der Waals surface area contributed by atoms with Gasteiger partial charge in [0.15, 0.2) is 4.34 Å². The van der Waals surface area contributed by atoms with Gasteiger partial charge in [0, 0.05) is 0 Å². The van der Waals surface area contributed by atoms with Crippen LogP contribution in [0.25, 0.3) is 5.76 Å². The fourth-order valence-corrected chi connectivity index (χ4v) is 4.70. The number of Topliss-reactive ketones (excluding diaryl/α,β-unsaturated/α-hetero) is 1. The topological polar surface area (TPSA) is 92.5 Å². The molecule has 2 aromatic rings. The number of hydrogen-bond donors (Lipinski definition) is 2. The second kappa shape index (κ2) is 6.96. The summed E-state index contributed by atoms with van der Waals surface area (Å²) in [7, 11) is -1.04. The lowest BCUT2D eigenvalue weighted by Crippen LogP contribution is -2.40. The minimum Gasteiger partial charge on any atom is -0.535 e. The zero-order valence-electron chi connectivity index (χ0n) is 12.9. The van der Waals surface area contributed by atoms with Crippen molar-refractivity contribution in [2.45, 2.75) is 29.3 Å². The van der Waals surface area contributed by atoms with Crippen LogP contribution in [-0.4, -0.2) is 38.4 Å². The van der Waals surface area contributed by atoms with E-state index in [0.29, 0.717) is 27.1 Å². The van der Waals surface area contributed by atoms with E-state index in [0.717, 1.165) is 5.56 Å². The van der Waals surface area contributed by atoms with E-state index < -0.39 is 7.12 Å². The summed E-state index contributed by atoms with van der Waals surface area (Å²) in [5, 5.41) is 28.4. The van der Waals surface area contributed by atoms with Crippen molar-refractivity contribution in [3.05, 3.63) is 40.9 Å². The number of aromatic nitrogens is 2. The van der Waals surface area contributed by atoms with Gasteiger partial charge in [-0.3, -0.25) is 4.79 Å². The minimum absolute atomic E-state index is 0.0365. The maximum absolute atomic E-state index is 11.1. The summed E-state index contributed by atoms with van der Waals surface area (Å²) in [5.41, 5.74) is 1.37. The molecule has 0 unspecified atom stereocenters. The molecule has 1 aromatic heterocycles. The molecule has 0 saturated carbocycles. The van der Waals surface area contributed by atoms with Gasteiger partial charge >= 0.3 is 7.12 Å². The normalized spacial score (nSPS) is 16.4. The number of carbonyl (C=O) groups excluding carboxylic acids is 1. The Hall–Kier alpha value is -1.84. The molecule has 3 rings (SSSR count). The second-order valence-corrected chi connectivity index (χ2v) is 8.00. The molecule has 0 radical (unpaired) electrons. The van der Waals surface area contributed by atoms with Gasteiger partial charge in [0.05, 0.1) is 17.1 Å². The molecule has 0 aliphatic carbocycles. The smallest absolute Gasteiger partial charge is 0.535 e. The Morgan fingerprint density at radius 3 is 3.04 bits per heavy atom. The Balaban J connectivity index is 1.77. The lowest BCUT2D eigenvalue weighted by atomic mass is 9.77. The van der Waals surface area contributed by atoms with Crippen molar-refractivity contribution >= 4 is 41.8 Å². The van der Waals surface area contributed by atoms with Gasteiger partial charge in [-0.2, -0.15) is 0 Å². The highest BCUT2D eigenvalue weighted by molar-refractivity contribution is 8.02. The van der Waals surface area contributed by atoms with Crippen molar-refractivity contribution in [1.29, 1.82) is 0 Å². The third-order valence-corrected chi connectivity index (χ3v) is 5.73. The molecule has 2 N–H and O–H groups in total. The molecule has 0 fully saturated rings. The van der Waals surface area contributed by atoms with Crippen molar-refractivity contribution in [3.63, 3.8) is 0 Å². The van der Waals surface area contributed by atoms with Gasteiger partial charge in [-0.25, -0.2) is 0 Å². The van der Waals surface area contributed by atoms with E-state index in [1.165, 1.54) is 30.0 Å². The third kappa shape index (κ3) is 3.63. The molecule has 0 spiro atoms. The first kappa shape index (κ1) is 17.0. The summed E-state index contributed by atoms with van der Waals surface area (Å²) in [6.07, 6.45) is 0.830. The summed E-state index contributed by atoms with van der Waals surface area (Å²) in [4.78, 5) is 11.1. The van der Waals surface area contributed by atoms with E-state index >= 15 is 0 Å². The van der Waals surface area contributed by atoms with Crippen LogP contribution in [0.3, 0.4) is 0 Å². The quantitative estimate of drug-likeness (QED) is 0.623. The van der Waals surface area contributed by atoms with E-state index in [-0.39, 0.29) is 23.1 Å². The fourth-order valence-electron chi connectivity index (χ4n) is 2.43. The monoisotopic (exact) mass is 362 g/mol. The molecular formula is C15H15BN2O4S2. The van der Waals surface area contributed by atoms with Gasteiger partial charge in [0.25, 0.3) is 0 Å². The van der Waals surface area contributed by atoms with Crippen LogP contribution in [0, 0.1) is 0 Å². The number of benzene rings is 1. The molecule has 1 atom stereocenters. The number of hydrogen-bond acceptors (Lipinski definition) is 8. The molecule has 124 valence electrons. The lowest BCUT2D eigenvalue weighted by molar-refractivity contribution is -0.116. The summed E-state index contributed by atoms with van der Waals surface area (Å²) >= 11 is 2.72. The number of thioether (sulfide) groups is 1. The second-order valence-electron chi connectivity index (χ2n) is 5.45. The highest BCUT2D eigenvalue weighted by atomic mass is 32.2. The van der Waals surface area contributed by atoms with Crippen LogP contribution < -0.4 is 4.65 Å². The van der Waals surface area contributed by atoms with Gasteiger partial charge in [-0.05, 0) is 25.0 Å². The predicted octanol–water partition coefficient (Wildman–Crippen LogP) is 2.31. The van der Waals surface area contributed by atoms with Crippen molar-refractivity contribution in [3.8, 4) is 5.75 Å². The summed E-state index contributed by atoms with van der Waals surface area (Å²) in [6.45, 7) is 5.03. The Morgan fingerprint density at radius 2 is 2.33 bits per heavy atom. The molecule has 6 nitrogen and oxygen atoms in total. The number of fused-ring (bicyclic) bond motifs is 1. The molecule has 0 amide bonds. The SMILES string of the molecule is C=C(O)c1cccc2c1OB(O)[C@@H](Sc1nnc(CC(C)=O)s1)C2. The zero-order chi connectivity index (χ0) is 17.3. The third-order valence-electron chi connectivity index (χ3n) is 3.49. The van der Waals surface area contributed by atoms with Crippen LogP contribution in [0.4, 0.5) is 0 Å². The maximum Gasteiger partial charge on any atom is 0.537 e. The number of para-hydroxylation sites is 1. The average molecular weight is 362 g/mol. The summed E-state index contributed by atoms with van der Waals surface area (Å²) in [5.74, 6) is 0.404. The maximum atomic E-state index is 11.1. The first-order chi connectivity index (χ1) is 11.4. The van der Waals surface area contributed by atoms with Crippen LogP contribution in [0.5, 0.6) is 5.75 Å². The van der Waals surface area contributed by atoms with Crippen LogP contribution in [0.15, 0.2) is 29.1 Å². The Labute approximate surface area is 147 Å². The highest BCUT2D eigenvalue weighted by Crippen LogP contribution is 2.38. The zero-order valence-corrected chi connectivity index (χ0v) is 14.6. The molecule has 9 heteroatoms. The average Bonchev–Trinajstić information content (AvgIpc) is 2.93. The number of aliphatic hydroxyl groups excluding tert-OH is 1. The first-order valence-electron chi connectivity index (χ1n) is 7.27. The van der Waals surface area contributed by atoms with Crippen LogP contribution in [-0.2, 0) is 17.6 Å². The van der Waals surface area contributed by atoms with E-state index in [2.05, 4.69) is 16.8 Å².